The summed E-state index contributed by atoms with van der Waals surface area (Å²) in [6.07, 6.45) is 1.79. The molecule has 2 aromatic carbocycles. The van der Waals surface area contributed by atoms with Crippen LogP contribution in [0.2, 0.25) is 0 Å². The molecule has 116 valence electrons. The van der Waals surface area contributed by atoms with E-state index in [4.69, 9.17) is 0 Å². The quantitative estimate of drug-likeness (QED) is 0.752. The number of rotatable bonds is 5. The summed E-state index contributed by atoms with van der Waals surface area (Å²) in [4.78, 5) is 17.6. The molecule has 3 rings (SSSR count). The van der Waals surface area contributed by atoms with Gasteiger partial charge in [0.25, 0.3) is 5.91 Å². The lowest BCUT2D eigenvalue weighted by Crippen LogP contribution is -2.11. The molecule has 4 heteroatoms. The fourth-order valence-electron chi connectivity index (χ4n) is 2.38. The Morgan fingerprint density at radius 1 is 1.00 bits per heavy atom. The van der Waals surface area contributed by atoms with Gasteiger partial charge in [0.05, 0.1) is 10.7 Å². The van der Waals surface area contributed by atoms with Crippen LogP contribution in [0.3, 0.4) is 0 Å². The van der Waals surface area contributed by atoms with Gasteiger partial charge in [-0.1, -0.05) is 48.5 Å². The number of carbonyl (C=O) groups is 1. The highest BCUT2D eigenvalue weighted by Crippen LogP contribution is 2.21. The van der Waals surface area contributed by atoms with E-state index in [1.807, 2.05) is 55.5 Å². The Morgan fingerprint density at radius 3 is 2.35 bits per heavy atom. The standard InChI is InChI=1S/C19H18N2OS/c1-14-18(19(22)21-16-10-6-3-7-11-16)23-17(20-14)13-12-15-8-4-2-5-9-15/h2-11H,12-13H2,1H3,(H,21,22). The van der Waals surface area contributed by atoms with E-state index >= 15 is 0 Å². The van der Waals surface area contributed by atoms with Gasteiger partial charge < -0.3 is 5.32 Å². The maximum absolute atomic E-state index is 12.4. The fourth-order valence-corrected chi connectivity index (χ4v) is 3.33. The van der Waals surface area contributed by atoms with E-state index in [0.29, 0.717) is 4.88 Å². The zero-order chi connectivity index (χ0) is 16.1. The van der Waals surface area contributed by atoms with Crippen molar-refractivity contribution in [2.75, 3.05) is 5.32 Å². The molecule has 0 saturated carbocycles. The number of nitrogens with one attached hydrogen (secondary N) is 1. The lowest BCUT2D eigenvalue weighted by atomic mass is 10.1. The summed E-state index contributed by atoms with van der Waals surface area (Å²) in [6, 6.07) is 19.8. The van der Waals surface area contributed by atoms with Crippen molar-refractivity contribution in [3.63, 3.8) is 0 Å². The van der Waals surface area contributed by atoms with Crippen molar-refractivity contribution in [2.24, 2.45) is 0 Å². The van der Waals surface area contributed by atoms with Crippen molar-refractivity contribution >= 4 is 22.9 Å². The third-order valence-electron chi connectivity index (χ3n) is 3.55. The Hall–Kier alpha value is -2.46. The molecular formula is C19H18N2OS. The summed E-state index contributed by atoms with van der Waals surface area (Å²) >= 11 is 1.48. The summed E-state index contributed by atoms with van der Waals surface area (Å²) in [5.41, 5.74) is 2.89. The number of carbonyl (C=O) groups excluding carboxylic acids is 1. The zero-order valence-electron chi connectivity index (χ0n) is 13.0. The molecule has 1 heterocycles. The van der Waals surface area contributed by atoms with E-state index in [0.717, 1.165) is 29.2 Å². The second-order valence-corrected chi connectivity index (χ2v) is 6.41. The normalized spacial score (nSPS) is 10.5. The molecule has 0 aliphatic carbocycles. The average Bonchev–Trinajstić information content (AvgIpc) is 2.96. The highest BCUT2D eigenvalue weighted by Gasteiger charge is 2.15. The first kappa shape index (κ1) is 15.4. The number of thiazole rings is 1. The molecule has 0 aliphatic rings. The van der Waals surface area contributed by atoms with Crippen LogP contribution < -0.4 is 5.32 Å². The van der Waals surface area contributed by atoms with E-state index in [9.17, 15) is 4.79 Å². The van der Waals surface area contributed by atoms with Gasteiger partial charge in [-0.25, -0.2) is 4.98 Å². The van der Waals surface area contributed by atoms with Crippen molar-refractivity contribution < 1.29 is 4.79 Å². The van der Waals surface area contributed by atoms with Crippen LogP contribution in [-0.2, 0) is 12.8 Å². The van der Waals surface area contributed by atoms with E-state index in [-0.39, 0.29) is 5.91 Å². The molecule has 0 spiro atoms. The van der Waals surface area contributed by atoms with Crippen LogP contribution in [0.25, 0.3) is 0 Å². The molecule has 0 fully saturated rings. The third kappa shape index (κ3) is 4.05. The number of nitrogens with zero attached hydrogens (tertiary/aromatic N) is 1. The minimum absolute atomic E-state index is 0.0860. The Morgan fingerprint density at radius 2 is 1.65 bits per heavy atom. The maximum Gasteiger partial charge on any atom is 0.267 e. The Kier molecular flexibility index (Phi) is 4.83. The SMILES string of the molecule is Cc1nc(CCc2ccccc2)sc1C(=O)Nc1ccccc1. The summed E-state index contributed by atoms with van der Waals surface area (Å²) in [5, 5.41) is 3.92. The molecule has 0 unspecified atom stereocenters. The van der Waals surface area contributed by atoms with Crippen LogP contribution in [0.4, 0.5) is 5.69 Å². The van der Waals surface area contributed by atoms with Gasteiger partial charge in [-0.15, -0.1) is 11.3 Å². The Labute approximate surface area is 140 Å². The molecule has 3 nitrogen and oxygen atoms in total. The molecule has 1 N–H and O–H groups in total. The fraction of sp³-hybridized carbons (Fsp3) is 0.158. The number of amides is 1. The number of hydrogen-bond acceptors (Lipinski definition) is 3. The Bertz CT molecular complexity index is 782. The molecule has 0 bridgehead atoms. The molecule has 0 atom stereocenters. The van der Waals surface area contributed by atoms with Crippen LogP contribution in [0.15, 0.2) is 60.7 Å². The predicted octanol–water partition coefficient (Wildman–Crippen LogP) is 4.49. The minimum atomic E-state index is -0.0860. The lowest BCUT2D eigenvalue weighted by Gasteiger charge is -2.02. The van der Waals surface area contributed by atoms with Crippen LogP contribution >= 0.6 is 11.3 Å². The van der Waals surface area contributed by atoms with Crippen LogP contribution in [-0.4, -0.2) is 10.9 Å². The van der Waals surface area contributed by atoms with Gasteiger partial charge in [0.1, 0.15) is 4.88 Å². The first-order valence-electron chi connectivity index (χ1n) is 7.59. The molecular weight excluding hydrogens is 304 g/mol. The van der Waals surface area contributed by atoms with Gasteiger partial charge in [0.2, 0.25) is 0 Å². The average molecular weight is 322 g/mol. The summed E-state index contributed by atoms with van der Waals surface area (Å²) < 4.78 is 0. The maximum atomic E-state index is 12.4. The van der Waals surface area contributed by atoms with Crippen LogP contribution in [0, 0.1) is 6.92 Å². The van der Waals surface area contributed by atoms with E-state index in [2.05, 4.69) is 22.4 Å². The smallest absolute Gasteiger partial charge is 0.267 e. The number of aromatic nitrogens is 1. The highest BCUT2D eigenvalue weighted by atomic mass is 32.1. The highest BCUT2D eigenvalue weighted by molar-refractivity contribution is 7.13. The zero-order valence-corrected chi connectivity index (χ0v) is 13.8. The second-order valence-electron chi connectivity index (χ2n) is 5.33. The van der Waals surface area contributed by atoms with Crippen molar-refractivity contribution in [1.29, 1.82) is 0 Å². The number of anilines is 1. The topological polar surface area (TPSA) is 42.0 Å². The lowest BCUT2D eigenvalue weighted by molar-refractivity contribution is 0.103. The monoisotopic (exact) mass is 322 g/mol. The van der Waals surface area contributed by atoms with Crippen molar-refractivity contribution in [1.82, 2.24) is 4.98 Å². The van der Waals surface area contributed by atoms with E-state index in [1.165, 1.54) is 16.9 Å². The summed E-state index contributed by atoms with van der Waals surface area (Å²) in [5.74, 6) is -0.0860. The van der Waals surface area contributed by atoms with Gasteiger partial charge >= 0.3 is 0 Å². The minimum Gasteiger partial charge on any atom is -0.321 e. The molecule has 0 aliphatic heterocycles. The molecule has 0 saturated heterocycles. The molecule has 1 aromatic heterocycles. The van der Waals surface area contributed by atoms with Gasteiger partial charge in [0, 0.05) is 12.1 Å². The van der Waals surface area contributed by atoms with Gasteiger partial charge in [-0.3, -0.25) is 4.79 Å². The Balaban J connectivity index is 1.67. The number of benzene rings is 2. The second kappa shape index (κ2) is 7.20. The number of para-hydroxylation sites is 1. The molecule has 1 amide bonds. The first-order chi connectivity index (χ1) is 11.2. The molecule has 23 heavy (non-hydrogen) atoms. The van der Waals surface area contributed by atoms with Crippen molar-refractivity contribution in [3.8, 4) is 0 Å². The third-order valence-corrected chi connectivity index (χ3v) is 4.77. The van der Waals surface area contributed by atoms with Crippen molar-refractivity contribution in [2.45, 2.75) is 19.8 Å². The van der Waals surface area contributed by atoms with Gasteiger partial charge in [-0.05, 0) is 31.0 Å². The number of aryl methyl sites for hydroxylation is 3. The largest absolute Gasteiger partial charge is 0.321 e. The number of hydrogen-bond donors (Lipinski definition) is 1. The summed E-state index contributed by atoms with van der Waals surface area (Å²) in [7, 11) is 0. The van der Waals surface area contributed by atoms with Crippen molar-refractivity contribution in [3.05, 3.63) is 81.8 Å². The van der Waals surface area contributed by atoms with Crippen LogP contribution in [0.5, 0.6) is 0 Å². The first-order valence-corrected chi connectivity index (χ1v) is 8.40. The summed E-state index contributed by atoms with van der Waals surface area (Å²) in [6.45, 7) is 1.89. The predicted molar refractivity (Wildman–Crippen MR) is 95.1 cm³/mol. The van der Waals surface area contributed by atoms with Gasteiger partial charge in [-0.2, -0.15) is 0 Å². The van der Waals surface area contributed by atoms with Gasteiger partial charge in [0.15, 0.2) is 0 Å². The van der Waals surface area contributed by atoms with Crippen LogP contribution in [0.1, 0.15) is 25.9 Å². The van der Waals surface area contributed by atoms with E-state index < -0.39 is 0 Å². The van der Waals surface area contributed by atoms with E-state index in [1.54, 1.807) is 0 Å². The molecule has 3 aromatic rings. The molecule has 0 radical (unpaired) electrons.